The van der Waals surface area contributed by atoms with Gasteiger partial charge in [-0.05, 0) is 12.1 Å². The number of hydrogen-bond acceptors (Lipinski definition) is 4. The molecule has 20 heavy (non-hydrogen) atoms. The monoisotopic (exact) mass is 272 g/mol. The summed E-state index contributed by atoms with van der Waals surface area (Å²) in [5.41, 5.74) is 0.171. The van der Waals surface area contributed by atoms with Crippen molar-refractivity contribution in [2.45, 2.75) is 13.1 Å². The van der Waals surface area contributed by atoms with E-state index in [2.05, 4.69) is 20.4 Å². The molecule has 0 spiro atoms. The summed E-state index contributed by atoms with van der Waals surface area (Å²) in [4.78, 5) is 30.6. The largest absolute Gasteiger partial charge is 0.350 e. The lowest BCUT2D eigenvalue weighted by molar-refractivity contribution is -0.122. The second-order valence-corrected chi connectivity index (χ2v) is 4.18. The van der Waals surface area contributed by atoms with E-state index in [1.165, 1.54) is 4.40 Å². The Labute approximate surface area is 113 Å². The predicted molar refractivity (Wildman–Crippen MR) is 69.9 cm³/mol. The number of aromatic nitrogens is 5. The Morgan fingerprint density at radius 3 is 3.05 bits per heavy atom. The number of carbonyl (C=O) groups excluding carboxylic acids is 1. The van der Waals surface area contributed by atoms with Crippen molar-refractivity contribution in [3.8, 4) is 0 Å². The molecule has 0 unspecified atom stereocenters. The number of nitrogens with zero attached hydrogens (tertiary/aromatic N) is 4. The fourth-order valence-corrected chi connectivity index (χ4v) is 1.84. The third-order valence-electron chi connectivity index (χ3n) is 2.79. The zero-order valence-corrected chi connectivity index (χ0v) is 10.5. The summed E-state index contributed by atoms with van der Waals surface area (Å²) in [6.07, 6.45) is 4.89. The Balaban J connectivity index is 1.71. The van der Waals surface area contributed by atoms with Crippen LogP contribution in [-0.4, -0.2) is 30.1 Å². The Bertz CT molecular complexity index is 786. The smallest absolute Gasteiger partial charge is 0.347 e. The highest BCUT2D eigenvalue weighted by Gasteiger charge is 2.10. The van der Waals surface area contributed by atoms with E-state index in [0.29, 0.717) is 11.5 Å². The molecule has 0 radical (unpaired) electrons. The van der Waals surface area contributed by atoms with Crippen LogP contribution in [0.5, 0.6) is 0 Å². The van der Waals surface area contributed by atoms with Crippen molar-refractivity contribution in [2.75, 3.05) is 0 Å². The van der Waals surface area contributed by atoms with Gasteiger partial charge in [0.25, 0.3) is 0 Å². The highest BCUT2D eigenvalue weighted by Crippen LogP contribution is 1.95. The van der Waals surface area contributed by atoms with E-state index >= 15 is 0 Å². The van der Waals surface area contributed by atoms with Crippen molar-refractivity contribution < 1.29 is 4.79 Å². The molecule has 2 N–H and O–H groups in total. The van der Waals surface area contributed by atoms with Gasteiger partial charge in [0.05, 0.1) is 6.54 Å². The van der Waals surface area contributed by atoms with Gasteiger partial charge in [-0.1, -0.05) is 6.07 Å². The first kappa shape index (κ1) is 12.2. The number of amides is 1. The van der Waals surface area contributed by atoms with Gasteiger partial charge in [0, 0.05) is 18.6 Å². The minimum absolute atomic E-state index is 0.124. The van der Waals surface area contributed by atoms with Gasteiger partial charge < -0.3 is 10.3 Å². The van der Waals surface area contributed by atoms with E-state index in [1.807, 2.05) is 0 Å². The Morgan fingerprint density at radius 1 is 1.40 bits per heavy atom. The first-order valence-electron chi connectivity index (χ1n) is 6.03. The predicted octanol–water partition coefficient (Wildman–Crippen LogP) is -0.465. The number of imidazole rings is 1. The molecule has 3 rings (SSSR count). The number of hydrogen-bond donors (Lipinski definition) is 2. The van der Waals surface area contributed by atoms with Crippen LogP contribution < -0.4 is 11.0 Å². The fraction of sp³-hybridized carbons (Fsp3) is 0.167. The van der Waals surface area contributed by atoms with Crippen molar-refractivity contribution in [2.24, 2.45) is 0 Å². The zero-order valence-electron chi connectivity index (χ0n) is 10.5. The molecular formula is C12H12N6O2. The summed E-state index contributed by atoms with van der Waals surface area (Å²) in [6.45, 7) is 0.162. The maximum Gasteiger partial charge on any atom is 0.350 e. The average Bonchev–Trinajstić information content (AvgIpc) is 3.07. The number of aromatic amines is 1. The van der Waals surface area contributed by atoms with Gasteiger partial charge in [0.2, 0.25) is 5.91 Å². The molecule has 0 aliphatic heterocycles. The first-order valence-corrected chi connectivity index (χ1v) is 6.03. The average molecular weight is 272 g/mol. The quantitative estimate of drug-likeness (QED) is 0.671. The molecule has 1 amide bonds. The Morgan fingerprint density at radius 2 is 2.30 bits per heavy atom. The number of nitrogens with one attached hydrogen (secondary N) is 2. The standard InChI is InChI=1S/C12H12N6O2/c19-11(15-7-9-13-4-5-14-9)8-18-12(20)17-6-2-1-3-10(17)16-18/h1-6H,7-8H2,(H,13,14)(H,15,19). The van der Waals surface area contributed by atoms with E-state index in [4.69, 9.17) is 0 Å². The first-order chi connectivity index (χ1) is 9.74. The van der Waals surface area contributed by atoms with Crippen LogP contribution >= 0.6 is 0 Å². The Kier molecular flexibility index (Phi) is 3.04. The highest BCUT2D eigenvalue weighted by molar-refractivity contribution is 5.75. The third-order valence-corrected chi connectivity index (χ3v) is 2.79. The highest BCUT2D eigenvalue weighted by atomic mass is 16.2. The SMILES string of the molecule is O=C(Cn1nc2ccccn2c1=O)NCc1ncc[nH]1. The molecule has 0 aliphatic rings. The van der Waals surface area contributed by atoms with E-state index in [9.17, 15) is 9.59 Å². The second kappa shape index (κ2) is 5.00. The molecule has 3 aromatic rings. The van der Waals surface area contributed by atoms with Gasteiger partial charge in [0.1, 0.15) is 12.4 Å². The summed E-state index contributed by atoms with van der Waals surface area (Å²) in [6, 6.07) is 5.22. The van der Waals surface area contributed by atoms with Gasteiger partial charge >= 0.3 is 5.69 Å². The maximum absolute atomic E-state index is 12.0. The Hall–Kier alpha value is -2.90. The minimum atomic E-state index is -0.339. The van der Waals surface area contributed by atoms with Crippen LogP contribution in [0.4, 0.5) is 0 Å². The molecule has 0 bridgehead atoms. The molecule has 0 aliphatic carbocycles. The molecule has 0 saturated carbocycles. The van der Waals surface area contributed by atoms with Gasteiger partial charge in [-0.15, -0.1) is 5.10 Å². The molecule has 3 aromatic heterocycles. The fourth-order valence-electron chi connectivity index (χ4n) is 1.84. The van der Waals surface area contributed by atoms with Crippen LogP contribution in [0.1, 0.15) is 5.82 Å². The van der Waals surface area contributed by atoms with Crippen LogP contribution in [0.3, 0.4) is 0 Å². The van der Waals surface area contributed by atoms with Gasteiger partial charge in [0.15, 0.2) is 5.65 Å². The van der Waals surface area contributed by atoms with E-state index < -0.39 is 0 Å². The van der Waals surface area contributed by atoms with Crippen molar-refractivity contribution in [1.29, 1.82) is 0 Å². The van der Waals surface area contributed by atoms with Gasteiger partial charge in [-0.2, -0.15) is 0 Å². The summed E-state index contributed by atoms with van der Waals surface area (Å²) >= 11 is 0. The van der Waals surface area contributed by atoms with Crippen molar-refractivity contribution in [3.05, 3.63) is 53.1 Å². The number of H-pyrrole nitrogens is 1. The van der Waals surface area contributed by atoms with Gasteiger partial charge in [-0.3, -0.25) is 9.20 Å². The van der Waals surface area contributed by atoms with Crippen molar-refractivity contribution in [3.63, 3.8) is 0 Å². The molecular weight excluding hydrogens is 260 g/mol. The topological polar surface area (TPSA) is 97.1 Å². The maximum atomic E-state index is 12.0. The molecule has 0 aromatic carbocycles. The molecule has 3 heterocycles. The molecule has 8 nitrogen and oxygen atoms in total. The summed E-state index contributed by atoms with van der Waals surface area (Å²) in [7, 11) is 0. The summed E-state index contributed by atoms with van der Waals surface area (Å²) in [5.74, 6) is 0.354. The van der Waals surface area contributed by atoms with Gasteiger partial charge in [-0.25, -0.2) is 14.5 Å². The summed E-state index contributed by atoms with van der Waals surface area (Å²) < 4.78 is 2.52. The van der Waals surface area contributed by atoms with Crippen LogP contribution in [0.25, 0.3) is 5.65 Å². The number of fused-ring (bicyclic) bond motifs is 1. The van der Waals surface area contributed by atoms with E-state index in [0.717, 1.165) is 4.68 Å². The normalized spacial score (nSPS) is 10.8. The second-order valence-electron chi connectivity index (χ2n) is 4.18. The lowest BCUT2D eigenvalue weighted by Crippen LogP contribution is -2.32. The summed E-state index contributed by atoms with van der Waals surface area (Å²) in [5, 5.41) is 6.74. The lowest BCUT2D eigenvalue weighted by atomic mass is 10.5. The molecule has 0 saturated heterocycles. The molecule has 0 atom stereocenters. The van der Waals surface area contributed by atoms with Crippen molar-refractivity contribution >= 4 is 11.6 Å². The molecule has 0 fully saturated rings. The van der Waals surface area contributed by atoms with Crippen LogP contribution in [0.15, 0.2) is 41.6 Å². The van der Waals surface area contributed by atoms with Crippen molar-refractivity contribution in [1.82, 2.24) is 29.5 Å². The number of carbonyl (C=O) groups is 1. The number of pyridine rings is 1. The molecule has 102 valence electrons. The molecule has 8 heteroatoms. The third kappa shape index (κ3) is 2.30. The lowest BCUT2D eigenvalue weighted by Gasteiger charge is -2.02. The van der Waals surface area contributed by atoms with Crippen LogP contribution in [-0.2, 0) is 17.9 Å². The van der Waals surface area contributed by atoms with E-state index in [-0.39, 0.29) is 24.7 Å². The zero-order chi connectivity index (χ0) is 13.9. The van der Waals surface area contributed by atoms with E-state index in [1.54, 1.807) is 36.8 Å². The number of rotatable bonds is 4. The van der Waals surface area contributed by atoms with Crippen LogP contribution in [0, 0.1) is 0 Å². The van der Waals surface area contributed by atoms with Crippen LogP contribution in [0.2, 0.25) is 0 Å². The minimum Gasteiger partial charge on any atom is -0.347 e.